The number of carbonyl (C=O) groups is 2. The number of piperidine rings is 1. The maximum atomic E-state index is 13.8. The molecule has 2 amide bonds. The first-order valence-electron chi connectivity index (χ1n) is 15.7. The molecule has 0 saturated carbocycles. The molecule has 0 spiro atoms. The van der Waals surface area contributed by atoms with E-state index in [1.165, 1.54) is 6.07 Å². The minimum Gasteiger partial charge on any atom is -0.393 e. The molecular formula is C34H37F3N6O4. The Bertz CT molecular complexity index is 1730. The number of amides is 2. The summed E-state index contributed by atoms with van der Waals surface area (Å²) in [5, 5.41) is 23.7. The molecule has 4 N–H and O–H groups in total. The predicted molar refractivity (Wildman–Crippen MR) is 172 cm³/mol. The Labute approximate surface area is 269 Å². The van der Waals surface area contributed by atoms with Crippen LogP contribution in [-0.4, -0.2) is 90.6 Å². The number of rotatable bonds is 9. The van der Waals surface area contributed by atoms with Crippen molar-refractivity contribution in [2.75, 3.05) is 62.7 Å². The number of aliphatic hydroxyl groups is 1. The van der Waals surface area contributed by atoms with Gasteiger partial charge in [-0.25, -0.2) is 0 Å². The molecule has 13 heteroatoms. The highest BCUT2D eigenvalue weighted by Gasteiger charge is 2.33. The van der Waals surface area contributed by atoms with Gasteiger partial charge < -0.3 is 25.4 Å². The second-order valence-corrected chi connectivity index (χ2v) is 11.9. The van der Waals surface area contributed by atoms with Crippen molar-refractivity contribution >= 4 is 34.1 Å². The quantitative estimate of drug-likeness (QED) is 0.211. The number of H-pyrrole nitrogens is 1. The number of ether oxygens (including phenoxy) is 1. The average molecular weight is 651 g/mol. The summed E-state index contributed by atoms with van der Waals surface area (Å²) in [6.07, 6.45) is -4.05. The molecule has 3 aromatic carbocycles. The van der Waals surface area contributed by atoms with Crippen LogP contribution in [0.1, 0.15) is 34.5 Å². The molecule has 6 rings (SSSR count). The third-order valence-corrected chi connectivity index (χ3v) is 8.62. The normalized spacial score (nSPS) is 16.4. The van der Waals surface area contributed by atoms with Crippen LogP contribution in [0.4, 0.5) is 24.5 Å². The fourth-order valence-electron chi connectivity index (χ4n) is 5.98. The largest absolute Gasteiger partial charge is 0.416 e. The molecule has 0 bridgehead atoms. The van der Waals surface area contributed by atoms with Gasteiger partial charge in [-0.05, 0) is 60.4 Å². The fraction of sp³-hybridized carbons (Fsp3) is 0.382. The van der Waals surface area contributed by atoms with Crippen LogP contribution in [0.5, 0.6) is 0 Å². The number of benzene rings is 3. The van der Waals surface area contributed by atoms with Crippen LogP contribution in [0, 0.1) is 0 Å². The first-order chi connectivity index (χ1) is 22.6. The Morgan fingerprint density at radius 3 is 2.51 bits per heavy atom. The van der Waals surface area contributed by atoms with Gasteiger partial charge in [0.1, 0.15) is 0 Å². The van der Waals surface area contributed by atoms with E-state index in [4.69, 9.17) is 4.74 Å². The minimum absolute atomic E-state index is 0.0982. The summed E-state index contributed by atoms with van der Waals surface area (Å²) >= 11 is 0. The smallest absolute Gasteiger partial charge is 0.393 e. The average Bonchev–Trinajstić information content (AvgIpc) is 3.46. The first kappa shape index (κ1) is 32.5. The molecule has 47 heavy (non-hydrogen) atoms. The van der Waals surface area contributed by atoms with Crippen LogP contribution in [0.2, 0.25) is 0 Å². The Kier molecular flexibility index (Phi) is 9.76. The van der Waals surface area contributed by atoms with E-state index in [2.05, 4.69) is 25.7 Å². The van der Waals surface area contributed by atoms with E-state index in [1.807, 2.05) is 24.3 Å². The Morgan fingerprint density at radius 2 is 1.74 bits per heavy atom. The summed E-state index contributed by atoms with van der Waals surface area (Å²) < 4.78 is 46.7. The van der Waals surface area contributed by atoms with Crippen molar-refractivity contribution in [2.24, 2.45) is 0 Å². The summed E-state index contributed by atoms with van der Waals surface area (Å²) in [5.41, 5.74) is 2.67. The molecule has 2 saturated heterocycles. The molecule has 0 radical (unpaired) electrons. The lowest BCUT2D eigenvalue weighted by Crippen LogP contribution is -2.41. The molecule has 2 aliphatic heterocycles. The van der Waals surface area contributed by atoms with Crippen LogP contribution in [0.25, 0.3) is 22.0 Å². The topological polar surface area (TPSA) is 123 Å². The van der Waals surface area contributed by atoms with Gasteiger partial charge in [-0.2, -0.15) is 18.3 Å². The molecule has 0 unspecified atom stereocenters. The van der Waals surface area contributed by atoms with E-state index in [9.17, 15) is 27.9 Å². The molecule has 3 heterocycles. The number of nitrogens with zero attached hydrogens (tertiary/aromatic N) is 3. The van der Waals surface area contributed by atoms with Crippen molar-refractivity contribution < 1.29 is 32.6 Å². The Hall–Kier alpha value is -4.46. The Morgan fingerprint density at radius 1 is 0.979 bits per heavy atom. The maximum absolute atomic E-state index is 13.8. The van der Waals surface area contributed by atoms with Gasteiger partial charge in [0.05, 0.1) is 42.5 Å². The molecule has 4 aromatic rings. The number of anilines is 2. The molecule has 0 atom stereocenters. The van der Waals surface area contributed by atoms with Crippen molar-refractivity contribution in [1.82, 2.24) is 20.4 Å². The molecule has 10 nitrogen and oxygen atoms in total. The summed E-state index contributed by atoms with van der Waals surface area (Å²) in [7, 11) is 0. The lowest BCUT2D eigenvalue weighted by molar-refractivity contribution is -0.137. The first-order valence-corrected chi connectivity index (χ1v) is 15.7. The summed E-state index contributed by atoms with van der Waals surface area (Å²) in [6, 6.07) is 16.1. The van der Waals surface area contributed by atoms with Gasteiger partial charge in [0.2, 0.25) is 5.91 Å². The molecule has 2 fully saturated rings. The number of aliphatic hydroxyl groups excluding tert-OH is 1. The van der Waals surface area contributed by atoms with Crippen LogP contribution in [-0.2, 0) is 22.1 Å². The zero-order valence-electron chi connectivity index (χ0n) is 25.8. The van der Waals surface area contributed by atoms with Crippen molar-refractivity contribution in [1.29, 1.82) is 0 Å². The van der Waals surface area contributed by atoms with E-state index < -0.39 is 23.8 Å². The number of aromatic nitrogens is 2. The molecule has 0 aliphatic carbocycles. The van der Waals surface area contributed by atoms with Crippen LogP contribution < -0.4 is 15.5 Å². The number of hydrogen-bond acceptors (Lipinski definition) is 7. The number of fused-ring (bicyclic) bond motifs is 1. The van der Waals surface area contributed by atoms with Crippen molar-refractivity contribution in [2.45, 2.75) is 31.5 Å². The molecule has 2 aliphatic rings. The van der Waals surface area contributed by atoms with Gasteiger partial charge in [-0.15, -0.1) is 0 Å². The zero-order chi connectivity index (χ0) is 33.0. The molecule has 1 aromatic heterocycles. The monoisotopic (exact) mass is 650 g/mol. The second kappa shape index (κ2) is 14.1. The minimum atomic E-state index is -4.63. The van der Waals surface area contributed by atoms with Crippen molar-refractivity contribution in [3.05, 3.63) is 77.5 Å². The number of nitrogens with one attached hydrogen (secondary N) is 3. The van der Waals surface area contributed by atoms with Gasteiger partial charge in [0.25, 0.3) is 5.91 Å². The van der Waals surface area contributed by atoms with Crippen molar-refractivity contribution in [3.8, 4) is 11.1 Å². The lowest BCUT2D eigenvalue weighted by Gasteiger charge is -2.32. The highest BCUT2D eigenvalue weighted by Crippen LogP contribution is 2.34. The standard InChI is InChI=1S/C34H37F3N6O4/c35-34(36,37)25-16-24(18-27(20-25)43-9-6-28(44)7-10-43)33(46)39-26-3-1-2-22(17-26)23-4-5-29-30(19-23)40-41-31(29)21-32(45)38-8-11-42-12-14-47-15-13-42/h1-5,16-20,28,44H,6-15,21H2,(H,38,45)(H,39,46)(H,40,41). The molecular weight excluding hydrogens is 613 g/mol. The van der Waals surface area contributed by atoms with Gasteiger partial charge in [-0.3, -0.25) is 19.6 Å². The summed E-state index contributed by atoms with van der Waals surface area (Å²) in [4.78, 5) is 29.8. The number of hydrogen-bond donors (Lipinski definition) is 4. The van der Waals surface area contributed by atoms with Gasteiger partial charge in [0, 0.05) is 61.6 Å². The summed E-state index contributed by atoms with van der Waals surface area (Å²) in [6.45, 7) is 5.27. The van der Waals surface area contributed by atoms with E-state index in [0.29, 0.717) is 68.3 Å². The van der Waals surface area contributed by atoms with Gasteiger partial charge in [-0.1, -0.05) is 24.3 Å². The van der Waals surface area contributed by atoms with Crippen molar-refractivity contribution in [3.63, 3.8) is 0 Å². The Balaban J connectivity index is 1.13. The van der Waals surface area contributed by atoms with E-state index in [0.717, 1.165) is 48.3 Å². The highest BCUT2D eigenvalue weighted by atomic mass is 19.4. The highest BCUT2D eigenvalue weighted by molar-refractivity contribution is 6.05. The number of carbonyl (C=O) groups excluding carboxylic acids is 2. The van der Waals surface area contributed by atoms with Gasteiger partial charge in [0.15, 0.2) is 0 Å². The van der Waals surface area contributed by atoms with E-state index in [-0.39, 0.29) is 17.9 Å². The predicted octanol–water partition coefficient (Wildman–Crippen LogP) is 4.45. The van der Waals surface area contributed by atoms with E-state index >= 15 is 0 Å². The van der Waals surface area contributed by atoms with Crippen LogP contribution in [0.3, 0.4) is 0 Å². The van der Waals surface area contributed by atoms with Crippen LogP contribution in [0.15, 0.2) is 60.7 Å². The van der Waals surface area contributed by atoms with E-state index in [1.54, 1.807) is 23.1 Å². The number of morpholine rings is 1. The third-order valence-electron chi connectivity index (χ3n) is 8.62. The van der Waals surface area contributed by atoms with Crippen LogP contribution >= 0.6 is 0 Å². The number of aromatic amines is 1. The summed E-state index contributed by atoms with van der Waals surface area (Å²) in [5.74, 6) is -0.763. The number of halogens is 3. The van der Waals surface area contributed by atoms with Gasteiger partial charge >= 0.3 is 6.18 Å². The SMILES string of the molecule is O=C(Cc1[nH]nc2cc(-c3cccc(NC(=O)c4cc(N5CCC(O)CC5)cc(C(F)(F)F)c4)c3)ccc12)NCCN1CCOCC1. The number of alkyl halides is 3. The lowest BCUT2D eigenvalue weighted by atomic mass is 10.0. The fourth-order valence-corrected chi connectivity index (χ4v) is 5.98. The maximum Gasteiger partial charge on any atom is 0.416 e. The second-order valence-electron chi connectivity index (χ2n) is 11.9. The molecule has 248 valence electrons. The third kappa shape index (κ3) is 8.10. The zero-order valence-corrected chi connectivity index (χ0v) is 25.8.